The molecule has 0 heterocycles. The second-order valence-corrected chi connectivity index (χ2v) is 17.6. The molecule has 0 aliphatic heterocycles. The van der Waals surface area contributed by atoms with Gasteiger partial charge in [-0.15, -0.1) is 0 Å². The number of carbonyl (C=O) groups excluding carboxylic acids is 2. The molecule has 0 aliphatic rings. The van der Waals surface area contributed by atoms with Crippen molar-refractivity contribution in [1.82, 2.24) is 4.90 Å². The van der Waals surface area contributed by atoms with Crippen LogP contribution < -0.4 is 0 Å². The monoisotopic (exact) mass is 828 g/mol. The van der Waals surface area contributed by atoms with Crippen LogP contribution >= 0.6 is 0 Å². The van der Waals surface area contributed by atoms with Gasteiger partial charge in [0.25, 0.3) is 6.47 Å². The summed E-state index contributed by atoms with van der Waals surface area (Å²) in [5, 5.41) is 30.3. The van der Waals surface area contributed by atoms with Crippen LogP contribution in [-0.2, 0) is 19.1 Å². The summed E-state index contributed by atoms with van der Waals surface area (Å²) in [4.78, 5) is 25.2. The van der Waals surface area contributed by atoms with Crippen LogP contribution in [0.3, 0.4) is 0 Å². The summed E-state index contributed by atoms with van der Waals surface area (Å²) in [5.74, 6) is 0.950. The van der Waals surface area contributed by atoms with Crippen molar-refractivity contribution in [2.24, 2.45) is 11.8 Å². The zero-order chi connectivity index (χ0) is 43.2. The van der Waals surface area contributed by atoms with Crippen LogP contribution in [0.2, 0.25) is 0 Å². The highest BCUT2D eigenvalue weighted by Gasteiger charge is 2.20. The molecule has 0 bridgehead atoms. The zero-order valence-electron chi connectivity index (χ0n) is 39.4. The van der Waals surface area contributed by atoms with Crippen LogP contribution in [0, 0.1) is 11.8 Å². The van der Waals surface area contributed by atoms with E-state index in [1.54, 1.807) is 0 Å². The van der Waals surface area contributed by atoms with Gasteiger partial charge in [-0.2, -0.15) is 0 Å². The third kappa shape index (κ3) is 44.3. The highest BCUT2D eigenvalue weighted by molar-refractivity contribution is 5.72. The van der Waals surface area contributed by atoms with Gasteiger partial charge >= 0.3 is 5.97 Å². The maximum Gasteiger partial charge on any atom is 0.308 e. The summed E-state index contributed by atoms with van der Waals surface area (Å²) < 4.78 is 10.4. The Bertz CT molecular complexity index is 815. The molecule has 0 amide bonds. The first kappa shape index (κ1) is 58.9. The first-order valence-electron chi connectivity index (χ1n) is 25.2. The van der Waals surface area contributed by atoms with Crippen molar-refractivity contribution in [2.75, 3.05) is 39.5 Å². The SMILES string of the molecule is CCCCCCCCC(C)CCCCCC.CCCCCCCCC(CCCCCC)C(=O)OCCCCC(O)CN(CCCCCO)CC(O)CCCCOC=O. The zero-order valence-corrected chi connectivity index (χ0v) is 39.4. The smallest absolute Gasteiger partial charge is 0.308 e. The Morgan fingerprint density at radius 1 is 0.517 bits per heavy atom. The summed E-state index contributed by atoms with van der Waals surface area (Å²) in [6.07, 6.45) is 37.1. The fourth-order valence-electron chi connectivity index (χ4n) is 7.75. The molecule has 0 spiro atoms. The topological polar surface area (TPSA) is 117 Å². The molecular weight excluding hydrogens is 727 g/mol. The molecule has 8 nitrogen and oxygen atoms in total. The molecule has 0 saturated heterocycles. The van der Waals surface area contributed by atoms with Crippen molar-refractivity contribution in [3.05, 3.63) is 0 Å². The van der Waals surface area contributed by atoms with E-state index in [9.17, 15) is 19.8 Å². The number of esters is 1. The van der Waals surface area contributed by atoms with Gasteiger partial charge in [-0.3, -0.25) is 14.5 Å². The van der Waals surface area contributed by atoms with Crippen molar-refractivity contribution in [3.63, 3.8) is 0 Å². The number of hydrogen-bond acceptors (Lipinski definition) is 8. The average molecular weight is 828 g/mol. The lowest BCUT2D eigenvalue weighted by molar-refractivity contribution is -0.149. The van der Waals surface area contributed by atoms with Gasteiger partial charge in [-0.1, -0.05) is 176 Å². The Hall–Kier alpha value is -1.22. The minimum atomic E-state index is -0.509. The number of rotatable bonds is 45. The predicted octanol–water partition coefficient (Wildman–Crippen LogP) is 12.9. The Balaban J connectivity index is 0. The Morgan fingerprint density at radius 3 is 1.38 bits per heavy atom. The first-order chi connectivity index (χ1) is 28.3. The van der Waals surface area contributed by atoms with Gasteiger partial charge in [-0.05, 0) is 83.1 Å². The Morgan fingerprint density at radius 2 is 0.914 bits per heavy atom. The fraction of sp³-hybridized carbons (Fsp3) is 0.960. The van der Waals surface area contributed by atoms with Crippen LogP contribution in [0.15, 0.2) is 0 Å². The minimum Gasteiger partial charge on any atom is -0.468 e. The van der Waals surface area contributed by atoms with Crippen LogP contribution in [0.5, 0.6) is 0 Å². The number of hydrogen-bond donors (Lipinski definition) is 3. The van der Waals surface area contributed by atoms with Crippen molar-refractivity contribution < 1.29 is 34.4 Å². The molecule has 8 heteroatoms. The minimum absolute atomic E-state index is 0.0157. The molecular formula is C50H101NO7. The molecule has 4 unspecified atom stereocenters. The molecule has 0 aromatic carbocycles. The van der Waals surface area contributed by atoms with Crippen LogP contribution in [0.1, 0.15) is 247 Å². The van der Waals surface area contributed by atoms with Gasteiger partial charge in [0.15, 0.2) is 0 Å². The summed E-state index contributed by atoms with van der Waals surface area (Å²) in [6.45, 7) is 14.6. The molecule has 0 radical (unpaired) electrons. The maximum absolute atomic E-state index is 12.9. The van der Waals surface area contributed by atoms with Gasteiger partial charge in [0, 0.05) is 19.7 Å². The molecule has 0 saturated carbocycles. The third-order valence-corrected chi connectivity index (χ3v) is 11.6. The van der Waals surface area contributed by atoms with E-state index in [2.05, 4.69) is 39.5 Å². The fourth-order valence-corrected chi connectivity index (χ4v) is 7.75. The number of aliphatic hydroxyl groups excluding tert-OH is 3. The molecule has 0 fully saturated rings. The average Bonchev–Trinajstić information content (AvgIpc) is 3.21. The van der Waals surface area contributed by atoms with Crippen LogP contribution in [0.4, 0.5) is 0 Å². The van der Waals surface area contributed by atoms with E-state index in [1.807, 2.05) is 0 Å². The van der Waals surface area contributed by atoms with Gasteiger partial charge in [0.1, 0.15) is 0 Å². The third-order valence-electron chi connectivity index (χ3n) is 11.6. The van der Waals surface area contributed by atoms with E-state index in [1.165, 1.54) is 128 Å². The molecule has 0 rings (SSSR count). The Kier molecular flexibility index (Phi) is 49.2. The summed E-state index contributed by atoms with van der Waals surface area (Å²) in [5.41, 5.74) is 0. The number of nitrogens with zero attached hydrogens (tertiary/aromatic N) is 1. The van der Waals surface area contributed by atoms with Gasteiger partial charge in [-0.25, -0.2) is 0 Å². The van der Waals surface area contributed by atoms with Crippen LogP contribution in [0.25, 0.3) is 0 Å². The predicted molar refractivity (Wildman–Crippen MR) is 246 cm³/mol. The number of ether oxygens (including phenoxy) is 2. The molecule has 0 aromatic rings. The van der Waals surface area contributed by atoms with Gasteiger partial charge < -0.3 is 24.8 Å². The lowest BCUT2D eigenvalue weighted by atomic mass is 9.94. The molecule has 0 aromatic heterocycles. The van der Waals surface area contributed by atoms with Crippen molar-refractivity contribution in [3.8, 4) is 0 Å². The normalized spacial score (nSPS) is 13.5. The highest BCUT2D eigenvalue weighted by Crippen LogP contribution is 2.21. The molecule has 348 valence electrons. The lowest BCUT2D eigenvalue weighted by Crippen LogP contribution is -2.38. The first-order valence-corrected chi connectivity index (χ1v) is 25.2. The molecule has 58 heavy (non-hydrogen) atoms. The Labute approximate surface area is 360 Å². The maximum atomic E-state index is 12.9. The highest BCUT2D eigenvalue weighted by atomic mass is 16.5. The van der Waals surface area contributed by atoms with Crippen molar-refractivity contribution in [2.45, 2.75) is 259 Å². The largest absolute Gasteiger partial charge is 0.468 e. The lowest BCUT2D eigenvalue weighted by Gasteiger charge is -2.27. The second kappa shape index (κ2) is 48.4. The molecule has 0 aliphatic carbocycles. The van der Waals surface area contributed by atoms with E-state index in [0.717, 1.165) is 83.1 Å². The van der Waals surface area contributed by atoms with E-state index < -0.39 is 12.2 Å². The number of unbranched alkanes of at least 4 members (excludes halogenated alkanes) is 20. The molecule has 4 atom stereocenters. The standard InChI is InChI=1S/C34H67NO7.C16H34/c1-3-5-7-9-10-13-21-31(20-12-8-6-4-2)34(40)42-27-19-15-23-33(39)29-35(24-16-11-17-25-36)28-32(38)22-14-18-26-41-30-37;1-4-6-8-10-11-13-15-16(3)14-12-9-7-5-2/h30-33,36,38-39H,3-29H2,1-2H3;16H,4-15H2,1-3H3. The summed E-state index contributed by atoms with van der Waals surface area (Å²) >= 11 is 0. The van der Waals surface area contributed by atoms with E-state index in [4.69, 9.17) is 14.6 Å². The number of aliphatic hydroxyl groups is 3. The quantitative estimate of drug-likeness (QED) is 0.0316. The van der Waals surface area contributed by atoms with Gasteiger partial charge in [0.05, 0.1) is 31.3 Å². The van der Waals surface area contributed by atoms with Crippen LogP contribution in [-0.4, -0.2) is 84.3 Å². The van der Waals surface area contributed by atoms with Gasteiger partial charge in [0.2, 0.25) is 0 Å². The van der Waals surface area contributed by atoms with Crippen molar-refractivity contribution in [1.29, 1.82) is 0 Å². The summed E-state index contributed by atoms with van der Waals surface area (Å²) in [7, 11) is 0. The second-order valence-electron chi connectivity index (χ2n) is 17.6. The molecule has 3 N–H and O–H groups in total. The van der Waals surface area contributed by atoms with E-state index >= 15 is 0 Å². The van der Waals surface area contributed by atoms with E-state index in [-0.39, 0.29) is 18.5 Å². The van der Waals surface area contributed by atoms with E-state index in [0.29, 0.717) is 45.6 Å². The number of carbonyl (C=O) groups is 2. The van der Waals surface area contributed by atoms with Crippen molar-refractivity contribution >= 4 is 12.4 Å². The summed E-state index contributed by atoms with van der Waals surface area (Å²) in [6, 6.07) is 0.